The third kappa shape index (κ3) is 4.97. The van der Waals surface area contributed by atoms with Gasteiger partial charge in [0.15, 0.2) is 11.5 Å². The summed E-state index contributed by atoms with van der Waals surface area (Å²) in [6.45, 7) is 1.06. The lowest BCUT2D eigenvalue weighted by Crippen LogP contribution is -2.28. The molecule has 0 radical (unpaired) electrons. The number of ether oxygens (including phenoxy) is 2. The van der Waals surface area contributed by atoms with Crippen LogP contribution in [-0.2, 0) is 11.3 Å². The molecule has 2 aromatic carbocycles. The van der Waals surface area contributed by atoms with Crippen molar-refractivity contribution in [2.75, 3.05) is 20.4 Å². The number of benzene rings is 2. The molecular weight excluding hydrogens is 351 g/mol. The molecule has 0 atom stereocenters. The number of hydrogen-bond acceptors (Lipinski definition) is 4. The second-order valence-corrected chi connectivity index (χ2v) is 6.30. The minimum absolute atomic E-state index is 0.0105. The molecule has 7 heteroatoms. The zero-order valence-electron chi connectivity index (χ0n) is 15.0. The van der Waals surface area contributed by atoms with E-state index in [1.54, 1.807) is 11.9 Å². The Morgan fingerprint density at radius 1 is 1.11 bits per heavy atom. The Morgan fingerprint density at radius 3 is 2.63 bits per heavy atom. The van der Waals surface area contributed by atoms with Gasteiger partial charge < -0.3 is 19.7 Å². The molecule has 0 spiro atoms. The van der Waals surface area contributed by atoms with Crippen molar-refractivity contribution >= 4 is 11.8 Å². The minimum atomic E-state index is -0.386. The molecule has 1 aliphatic heterocycles. The Labute approximate surface area is 156 Å². The van der Waals surface area contributed by atoms with E-state index in [2.05, 4.69) is 5.32 Å². The van der Waals surface area contributed by atoms with E-state index in [-0.39, 0.29) is 24.4 Å². The molecule has 0 saturated heterocycles. The molecule has 1 heterocycles. The molecule has 27 heavy (non-hydrogen) atoms. The van der Waals surface area contributed by atoms with Gasteiger partial charge in [-0.2, -0.15) is 0 Å². The van der Waals surface area contributed by atoms with E-state index in [4.69, 9.17) is 9.47 Å². The molecular formula is C20H21FN2O4. The number of rotatable bonds is 7. The standard InChI is InChI=1S/C20H21FN2O4/c1-23(12-14-4-9-17-18(11-14)27-13-26-17)19(24)3-2-10-22-20(25)15-5-7-16(21)8-6-15/h4-9,11H,2-3,10,12-13H2,1H3,(H,22,25). The highest BCUT2D eigenvalue weighted by molar-refractivity contribution is 5.94. The summed E-state index contributed by atoms with van der Waals surface area (Å²) in [5.74, 6) is 0.726. The first-order valence-electron chi connectivity index (χ1n) is 8.69. The van der Waals surface area contributed by atoms with Crippen LogP contribution in [0.4, 0.5) is 4.39 Å². The van der Waals surface area contributed by atoms with Crippen LogP contribution in [0.2, 0.25) is 0 Å². The van der Waals surface area contributed by atoms with Gasteiger partial charge in [0.25, 0.3) is 5.91 Å². The monoisotopic (exact) mass is 372 g/mol. The van der Waals surface area contributed by atoms with Crippen LogP contribution in [-0.4, -0.2) is 37.1 Å². The first-order valence-corrected chi connectivity index (χ1v) is 8.69. The quantitative estimate of drug-likeness (QED) is 0.759. The highest BCUT2D eigenvalue weighted by Gasteiger charge is 2.15. The summed E-state index contributed by atoms with van der Waals surface area (Å²) >= 11 is 0. The third-order valence-corrected chi connectivity index (χ3v) is 4.24. The van der Waals surface area contributed by atoms with Crippen molar-refractivity contribution in [2.24, 2.45) is 0 Å². The van der Waals surface area contributed by atoms with E-state index in [0.29, 0.717) is 43.0 Å². The second-order valence-electron chi connectivity index (χ2n) is 6.30. The smallest absolute Gasteiger partial charge is 0.251 e. The van der Waals surface area contributed by atoms with Crippen molar-refractivity contribution in [3.8, 4) is 11.5 Å². The Bertz CT molecular complexity index is 823. The predicted octanol–water partition coefficient (Wildman–Crippen LogP) is 2.72. The van der Waals surface area contributed by atoms with Gasteiger partial charge in [-0.3, -0.25) is 9.59 Å². The molecule has 1 aliphatic rings. The normalized spacial score (nSPS) is 11.9. The fourth-order valence-electron chi connectivity index (χ4n) is 2.74. The van der Waals surface area contributed by atoms with Crippen molar-refractivity contribution in [3.05, 3.63) is 59.4 Å². The Hall–Kier alpha value is -3.09. The lowest BCUT2D eigenvalue weighted by Gasteiger charge is -2.17. The van der Waals surface area contributed by atoms with Gasteiger partial charge >= 0.3 is 0 Å². The molecule has 2 amide bonds. The Balaban J connectivity index is 1.39. The van der Waals surface area contributed by atoms with Gasteiger partial charge in [0.2, 0.25) is 12.7 Å². The summed E-state index contributed by atoms with van der Waals surface area (Å²) in [5.41, 5.74) is 1.35. The van der Waals surface area contributed by atoms with E-state index >= 15 is 0 Å². The van der Waals surface area contributed by atoms with Crippen LogP contribution in [0.25, 0.3) is 0 Å². The number of carbonyl (C=O) groups excluding carboxylic acids is 2. The van der Waals surface area contributed by atoms with Gasteiger partial charge in [-0.1, -0.05) is 6.07 Å². The fraction of sp³-hybridized carbons (Fsp3) is 0.300. The highest BCUT2D eigenvalue weighted by Crippen LogP contribution is 2.32. The van der Waals surface area contributed by atoms with Crippen molar-refractivity contribution in [2.45, 2.75) is 19.4 Å². The SMILES string of the molecule is CN(Cc1ccc2c(c1)OCO2)C(=O)CCCNC(=O)c1ccc(F)cc1. The van der Waals surface area contributed by atoms with Crippen molar-refractivity contribution in [1.29, 1.82) is 0 Å². The number of fused-ring (bicyclic) bond motifs is 1. The largest absolute Gasteiger partial charge is 0.454 e. The van der Waals surface area contributed by atoms with Crippen LogP contribution in [0, 0.1) is 5.82 Å². The summed E-state index contributed by atoms with van der Waals surface area (Å²) < 4.78 is 23.5. The lowest BCUT2D eigenvalue weighted by molar-refractivity contribution is -0.130. The number of nitrogens with one attached hydrogen (secondary N) is 1. The Morgan fingerprint density at radius 2 is 1.85 bits per heavy atom. The zero-order valence-corrected chi connectivity index (χ0v) is 15.0. The highest BCUT2D eigenvalue weighted by atomic mass is 19.1. The maximum Gasteiger partial charge on any atom is 0.251 e. The van der Waals surface area contributed by atoms with E-state index in [9.17, 15) is 14.0 Å². The zero-order chi connectivity index (χ0) is 19.2. The molecule has 0 fully saturated rings. The van der Waals surface area contributed by atoms with E-state index in [0.717, 1.165) is 5.56 Å². The van der Waals surface area contributed by atoms with Crippen molar-refractivity contribution < 1.29 is 23.5 Å². The van der Waals surface area contributed by atoms with Crippen molar-refractivity contribution in [1.82, 2.24) is 10.2 Å². The number of nitrogens with zero attached hydrogens (tertiary/aromatic N) is 1. The molecule has 1 N–H and O–H groups in total. The summed E-state index contributed by atoms with van der Waals surface area (Å²) in [7, 11) is 1.74. The summed E-state index contributed by atoms with van der Waals surface area (Å²) in [6, 6.07) is 10.9. The molecule has 0 bridgehead atoms. The summed E-state index contributed by atoms with van der Waals surface area (Å²) in [4.78, 5) is 25.8. The van der Waals surface area contributed by atoms with Gasteiger partial charge in [0.1, 0.15) is 5.82 Å². The number of halogens is 1. The second kappa shape index (κ2) is 8.53. The summed E-state index contributed by atoms with van der Waals surface area (Å²) in [6.07, 6.45) is 0.849. The van der Waals surface area contributed by atoms with Crippen LogP contribution in [0.15, 0.2) is 42.5 Å². The fourth-order valence-corrected chi connectivity index (χ4v) is 2.74. The van der Waals surface area contributed by atoms with E-state index in [1.807, 2.05) is 18.2 Å². The molecule has 2 aromatic rings. The summed E-state index contributed by atoms with van der Waals surface area (Å²) in [5, 5.41) is 2.73. The molecule has 6 nitrogen and oxygen atoms in total. The number of carbonyl (C=O) groups is 2. The van der Waals surface area contributed by atoms with Gasteiger partial charge in [-0.25, -0.2) is 4.39 Å². The topological polar surface area (TPSA) is 67.9 Å². The van der Waals surface area contributed by atoms with Gasteiger partial charge in [-0.15, -0.1) is 0 Å². The van der Waals surface area contributed by atoms with Crippen LogP contribution in [0.5, 0.6) is 11.5 Å². The Kier molecular flexibility index (Phi) is 5.90. The van der Waals surface area contributed by atoms with E-state index < -0.39 is 0 Å². The average Bonchev–Trinajstić information content (AvgIpc) is 3.13. The van der Waals surface area contributed by atoms with Crippen LogP contribution in [0.1, 0.15) is 28.8 Å². The minimum Gasteiger partial charge on any atom is -0.454 e. The third-order valence-electron chi connectivity index (χ3n) is 4.24. The average molecular weight is 372 g/mol. The molecule has 0 aromatic heterocycles. The molecule has 0 saturated carbocycles. The predicted molar refractivity (Wildman–Crippen MR) is 97.0 cm³/mol. The van der Waals surface area contributed by atoms with Gasteiger partial charge in [0.05, 0.1) is 0 Å². The van der Waals surface area contributed by atoms with Gasteiger partial charge in [-0.05, 0) is 48.4 Å². The van der Waals surface area contributed by atoms with Crippen molar-refractivity contribution in [3.63, 3.8) is 0 Å². The van der Waals surface area contributed by atoms with Gasteiger partial charge in [0, 0.05) is 32.1 Å². The first-order chi connectivity index (χ1) is 13.0. The maximum atomic E-state index is 12.9. The van der Waals surface area contributed by atoms with Crippen LogP contribution < -0.4 is 14.8 Å². The first kappa shape index (κ1) is 18.7. The molecule has 0 unspecified atom stereocenters. The van der Waals surface area contributed by atoms with E-state index in [1.165, 1.54) is 24.3 Å². The maximum absolute atomic E-state index is 12.9. The van der Waals surface area contributed by atoms with Crippen LogP contribution in [0.3, 0.4) is 0 Å². The number of hydrogen-bond donors (Lipinski definition) is 1. The molecule has 142 valence electrons. The lowest BCUT2D eigenvalue weighted by atomic mass is 10.1. The van der Waals surface area contributed by atoms with Crippen LogP contribution >= 0.6 is 0 Å². The molecule has 0 aliphatic carbocycles. The number of amides is 2. The molecule has 3 rings (SSSR count).